The van der Waals surface area contributed by atoms with Crippen molar-refractivity contribution in [3.8, 4) is 28.2 Å². The number of rotatable bonds is 4. The lowest BCUT2D eigenvalue weighted by atomic mass is 10.1. The maximum atomic E-state index is 14.4. The molecule has 0 bridgehead atoms. The maximum Gasteiger partial charge on any atom is 0.240 e. The van der Waals surface area contributed by atoms with Gasteiger partial charge in [0.1, 0.15) is 16.5 Å². The second kappa shape index (κ2) is 7.64. The van der Waals surface area contributed by atoms with Crippen molar-refractivity contribution >= 4 is 21.6 Å². The zero-order valence-corrected chi connectivity index (χ0v) is 16.8. The summed E-state index contributed by atoms with van der Waals surface area (Å²) in [7, 11) is -4.09. The molecule has 0 aliphatic rings. The molecule has 5 nitrogen and oxygen atoms in total. The highest BCUT2D eigenvalue weighted by Crippen LogP contribution is 2.33. The van der Waals surface area contributed by atoms with E-state index in [1.807, 2.05) is 0 Å². The molecular weight excluding hydrogens is 432 g/mol. The molecule has 0 amide bonds. The summed E-state index contributed by atoms with van der Waals surface area (Å²) in [5, 5.41) is 10.2. The van der Waals surface area contributed by atoms with Crippen LogP contribution in [-0.4, -0.2) is 18.2 Å². The molecule has 4 rings (SSSR count). The van der Waals surface area contributed by atoms with Gasteiger partial charge in [0.25, 0.3) is 0 Å². The fraction of sp³-hybridized carbons (Fsp3) is 0. The number of para-hydroxylation sites is 1. The number of nitrogens with two attached hydrogens (primary N) is 1. The van der Waals surface area contributed by atoms with Gasteiger partial charge in [0.05, 0.1) is 22.6 Å². The molecule has 3 aromatic carbocycles. The Morgan fingerprint density at radius 2 is 1.53 bits per heavy atom. The van der Waals surface area contributed by atoms with Crippen molar-refractivity contribution in [3.63, 3.8) is 0 Å². The monoisotopic (exact) mass is 445 g/mol. The van der Waals surface area contributed by atoms with Gasteiger partial charge in [-0.05, 0) is 42.5 Å². The van der Waals surface area contributed by atoms with Gasteiger partial charge in [-0.25, -0.2) is 27.0 Å². The quantitative estimate of drug-likeness (QED) is 0.490. The first kappa shape index (κ1) is 20.2. The van der Waals surface area contributed by atoms with Crippen molar-refractivity contribution in [2.45, 2.75) is 4.90 Å². The van der Waals surface area contributed by atoms with Gasteiger partial charge >= 0.3 is 0 Å². The van der Waals surface area contributed by atoms with E-state index in [1.165, 1.54) is 35.0 Å². The van der Waals surface area contributed by atoms with Crippen molar-refractivity contribution in [2.75, 3.05) is 0 Å². The molecule has 0 spiro atoms. The Morgan fingerprint density at radius 3 is 2.17 bits per heavy atom. The van der Waals surface area contributed by atoms with Crippen LogP contribution in [0.15, 0.2) is 77.7 Å². The van der Waals surface area contributed by atoms with E-state index in [0.29, 0.717) is 16.3 Å². The van der Waals surface area contributed by atoms with E-state index < -0.39 is 21.7 Å². The van der Waals surface area contributed by atoms with Gasteiger partial charge in [0.2, 0.25) is 10.0 Å². The molecule has 1 heterocycles. The van der Waals surface area contributed by atoms with Crippen molar-refractivity contribution in [1.82, 2.24) is 9.78 Å². The van der Waals surface area contributed by atoms with Gasteiger partial charge < -0.3 is 0 Å². The van der Waals surface area contributed by atoms with Crippen LogP contribution in [0, 0.1) is 11.6 Å². The molecule has 0 unspecified atom stereocenters. The van der Waals surface area contributed by atoms with Gasteiger partial charge in [-0.1, -0.05) is 41.9 Å². The van der Waals surface area contributed by atoms with E-state index in [1.54, 1.807) is 30.3 Å². The molecule has 0 aliphatic carbocycles. The van der Waals surface area contributed by atoms with Gasteiger partial charge in [0, 0.05) is 10.6 Å². The third-order valence-electron chi connectivity index (χ3n) is 4.47. The molecule has 0 aliphatic heterocycles. The number of benzene rings is 3. The van der Waals surface area contributed by atoms with Crippen LogP contribution in [0.5, 0.6) is 0 Å². The molecule has 30 heavy (non-hydrogen) atoms. The van der Waals surface area contributed by atoms with E-state index in [9.17, 15) is 17.2 Å². The first-order valence-corrected chi connectivity index (χ1v) is 10.6. The predicted octanol–water partition coefficient (Wildman–Crippen LogP) is 4.79. The van der Waals surface area contributed by atoms with Gasteiger partial charge in [-0.15, -0.1) is 0 Å². The molecule has 152 valence electrons. The van der Waals surface area contributed by atoms with Crippen molar-refractivity contribution in [2.24, 2.45) is 5.14 Å². The zero-order valence-electron chi connectivity index (χ0n) is 15.3. The molecule has 9 heteroatoms. The van der Waals surface area contributed by atoms with Crippen LogP contribution in [0.2, 0.25) is 5.02 Å². The predicted molar refractivity (Wildman–Crippen MR) is 111 cm³/mol. The molecule has 2 N–H and O–H groups in total. The second-order valence-corrected chi connectivity index (χ2v) is 8.41. The van der Waals surface area contributed by atoms with Crippen LogP contribution in [0.4, 0.5) is 8.78 Å². The average molecular weight is 446 g/mol. The smallest absolute Gasteiger partial charge is 0.231 e. The Hall–Kier alpha value is -3.07. The first-order chi connectivity index (χ1) is 14.3. The number of hydrogen-bond donors (Lipinski definition) is 1. The Balaban J connectivity index is 2.04. The number of halogens is 3. The minimum Gasteiger partial charge on any atom is -0.231 e. The molecule has 0 fully saturated rings. The number of nitrogens with zero attached hydrogens (tertiary/aromatic N) is 2. The van der Waals surface area contributed by atoms with Gasteiger partial charge in [0.15, 0.2) is 0 Å². The molecular formula is C21H14ClF2N3O2S. The van der Waals surface area contributed by atoms with E-state index in [-0.39, 0.29) is 21.8 Å². The summed E-state index contributed by atoms with van der Waals surface area (Å²) < 4.78 is 54.3. The van der Waals surface area contributed by atoms with E-state index in [2.05, 4.69) is 5.10 Å². The fourth-order valence-electron chi connectivity index (χ4n) is 3.13. The van der Waals surface area contributed by atoms with Crippen LogP contribution in [0.1, 0.15) is 0 Å². The molecule has 4 aromatic rings. The zero-order chi connectivity index (χ0) is 21.5. The fourth-order valence-corrected chi connectivity index (χ4v) is 3.97. The SMILES string of the molecule is NS(=O)(=O)c1ccccc1-n1nc(-c2c(F)cccc2F)cc1-c1ccc(Cl)cc1. The highest BCUT2D eigenvalue weighted by Gasteiger charge is 2.22. The number of hydrogen-bond acceptors (Lipinski definition) is 3. The topological polar surface area (TPSA) is 78.0 Å². The second-order valence-electron chi connectivity index (χ2n) is 6.44. The summed E-state index contributed by atoms with van der Waals surface area (Å²) in [6.07, 6.45) is 0. The number of primary sulfonamides is 1. The van der Waals surface area contributed by atoms with Crippen LogP contribution >= 0.6 is 11.6 Å². The van der Waals surface area contributed by atoms with E-state index in [0.717, 1.165) is 12.1 Å². The lowest BCUT2D eigenvalue weighted by Crippen LogP contribution is -2.16. The van der Waals surface area contributed by atoms with E-state index >= 15 is 0 Å². The minimum absolute atomic E-state index is 0.000211. The summed E-state index contributed by atoms with van der Waals surface area (Å²) in [6, 6.07) is 17.6. The summed E-state index contributed by atoms with van der Waals surface area (Å²) >= 11 is 5.97. The van der Waals surface area contributed by atoms with Crippen LogP contribution in [0.25, 0.3) is 28.2 Å². The number of aromatic nitrogens is 2. The summed E-state index contributed by atoms with van der Waals surface area (Å²) in [4.78, 5) is -0.177. The van der Waals surface area contributed by atoms with E-state index in [4.69, 9.17) is 16.7 Å². The molecule has 0 radical (unpaired) electrons. The molecule has 0 atom stereocenters. The van der Waals surface area contributed by atoms with Gasteiger partial charge in [-0.3, -0.25) is 0 Å². The molecule has 0 saturated carbocycles. The average Bonchev–Trinajstić information content (AvgIpc) is 3.12. The molecule has 1 aromatic heterocycles. The van der Waals surface area contributed by atoms with Gasteiger partial charge in [-0.2, -0.15) is 5.10 Å². The van der Waals surface area contributed by atoms with Crippen molar-refractivity contribution in [3.05, 3.63) is 89.5 Å². The summed E-state index contributed by atoms with van der Waals surface area (Å²) in [5.41, 5.74) is 0.840. The number of sulfonamides is 1. The highest BCUT2D eigenvalue weighted by atomic mass is 35.5. The Bertz CT molecular complexity index is 1330. The minimum atomic E-state index is -4.09. The van der Waals surface area contributed by atoms with Crippen LogP contribution in [0.3, 0.4) is 0 Å². The van der Waals surface area contributed by atoms with Crippen molar-refractivity contribution < 1.29 is 17.2 Å². The maximum absolute atomic E-state index is 14.4. The summed E-state index contributed by atoms with van der Waals surface area (Å²) in [6.45, 7) is 0. The van der Waals surface area contributed by atoms with Crippen LogP contribution < -0.4 is 5.14 Å². The molecule has 0 saturated heterocycles. The normalized spacial score (nSPS) is 11.6. The Labute approximate surface area is 176 Å². The Kier molecular flexibility index (Phi) is 5.15. The lowest BCUT2D eigenvalue weighted by Gasteiger charge is -2.11. The van der Waals surface area contributed by atoms with Crippen molar-refractivity contribution in [1.29, 1.82) is 0 Å². The lowest BCUT2D eigenvalue weighted by molar-refractivity contribution is 0.587. The Morgan fingerprint density at radius 1 is 0.900 bits per heavy atom. The first-order valence-electron chi connectivity index (χ1n) is 8.68. The third kappa shape index (κ3) is 3.72. The van der Waals surface area contributed by atoms with Crippen LogP contribution in [-0.2, 0) is 10.0 Å². The summed E-state index contributed by atoms with van der Waals surface area (Å²) in [5.74, 6) is -1.58. The standard InChI is InChI=1S/C21H14ClF2N3O2S/c22-14-10-8-13(9-11-14)19-12-17(21-15(23)4-3-5-16(21)24)26-27(19)18-6-1-2-7-20(18)30(25,28)29/h1-12H,(H2,25,28,29). The third-order valence-corrected chi connectivity index (χ3v) is 5.68. The largest absolute Gasteiger partial charge is 0.240 e. The highest BCUT2D eigenvalue weighted by molar-refractivity contribution is 7.89.